The molecular formula is C25H27ClFN5O2. The molecule has 1 aromatic carbocycles. The molecule has 5 rings (SSSR count). The third kappa shape index (κ3) is 4.28. The maximum absolute atomic E-state index is 14.1. The van der Waals surface area contributed by atoms with Gasteiger partial charge in [0, 0.05) is 50.9 Å². The molecule has 2 atom stereocenters. The van der Waals surface area contributed by atoms with E-state index >= 15 is 0 Å². The highest BCUT2D eigenvalue weighted by Crippen LogP contribution is 2.37. The van der Waals surface area contributed by atoms with Gasteiger partial charge >= 0.3 is 0 Å². The highest BCUT2D eigenvalue weighted by atomic mass is 35.5. The van der Waals surface area contributed by atoms with Crippen LogP contribution in [0.3, 0.4) is 0 Å². The number of carbonyl (C=O) groups is 1. The van der Waals surface area contributed by atoms with Gasteiger partial charge in [-0.1, -0.05) is 23.7 Å². The summed E-state index contributed by atoms with van der Waals surface area (Å²) < 4.78 is 14.1. The smallest absolute Gasteiger partial charge is 0.269 e. The van der Waals surface area contributed by atoms with Crippen LogP contribution < -0.4 is 15.8 Å². The second-order valence-electron chi connectivity index (χ2n) is 9.03. The molecule has 0 radical (unpaired) electrons. The summed E-state index contributed by atoms with van der Waals surface area (Å²) >= 11 is 6.38. The van der Waals surface area contributed by atoms with Crippen LogP contribution in [0.2, 0.25) is 5.15 Å². The first kappa shape index (κ1) is 22.8. The average molecular weight is 484 g/mol. The Morgan fingerprint density at radius 2 is 1.97 bits per heavy atom. The van der Waals surface area contributed by atoms with Crippen molar-refractivity contribution in [3.8, 4) is 0 Å². The van der Waals surface area contributed by atoms with Gasteiger partial charge in [-0.15, -0.1) is 0 Å². The largest absolute Gasteiger partial charge is 0.366 e. The number of anilines is 1. The molecule has 7 nitrogen and oxygen atoms in total. The molecule has 34 heavy (non-hydrogen) atoms. The van der Waals surface area contributed by atoms with Gasteiger partial charge in [0.1, 0.15) is 11.5 Å². The fraction of sp³-hybridized carbons (Fsp3) is 0.400. The van der Waals surface area contributed by atoms with Gasteiger partial charge in [0.05, 0.1) is 11.1 Å². The maximum Gasteiger partial charge on any atom is 0.269 e. The lowest BCUT2D eigenvalue weighted by molar-refractivity contribution is 0.0958. The van der Waals surface area contributed by atoms with E-state index in [2.05, 4.69) is 25.1 Å². The molecular weight excluding hydrogens is 457 g/mol. The van der Waals surface area contributed by atoms with Gasteiger partial charge in [0.15, 0.2) is 5.15 Å². The van der Waals surface area contributed by atoms with E-state index in [-0.39, 0.29) is 22.8 Å². The number of fused-ring (bicyclic) bond motifs is 1. The minimum atomic E-state index is -0.481. The number of hydrogen-bond acceptors (Lipinski definition) is 5. The summed E-state index contributed by atoms with van der Waals surface area (Å²) in [5, 5.41) is 3.69. The van der Waals surface area contributed by atoms with Gasteiger partial charge in [-0.3, -0.25) is 14.5 Å². The Bertz CT molecular complexity index is 1290. The number of amides is 1. The van der Waals surface area contributed by atoms with Crippen molar-refractivity contribution in [3.63, 3.8) is 0 Å². The number of aromatic nitrogens is 2. The van der Waals surface area contributed by atoms with Crippen LogP contribution in [-0.2, 0) is 0 Å². The molecule has 3 heterocycles. The molecule has 1 amide bonds. The fourth-order valence-electron chi connectivity index (χ4n) is 5.33. The number of H-pyrrole nitrogens is 1. The van der Waals surface area contributed by atoms with Gasteiger partial charge in [-0.05, 0) is 48.9 Å². The molecule has 2 aromatic heterocycles. The van der Waals surface area contributed by atoms with Crippen LogP contribution in [0.15, 0.2) is 41.2 Å². The van der Waals surface area contributed by atoms with Crippen LogP contribution in [0.1, 0.15) is 41.4 Å². The number of hydrogen-bond donors (Lipinski definition) is 2. The summed E-state index contributed by atoms with van der Waals surface area (Å²) in [6.45, 7) is 3.47. The Kier molecular flexibility index (Phi) is 6.27. The fourth-order valence-corrected chi connectivity index (χ4v) is 5.61. The summed E-state index contributed by atoms with van der Waals surface area (Å²) in [7, 11) is 1.57. The van der Waals surface area contributed by atoms with Crippen molar-refractivity contribution < 1.29 is 9.18 Å². The summed E-state index contributed by atoms with van der Waals surface area (Å²) in [6.07, 6.45) is 3.04. The van der Waals surface area contributed by atoms with Crippen molar-refractivity contribution in [1.29, 1.82) is 0 Å². The topological polar surface area (TPSA) is 81.3 Å². The van der Waals surface area contributed by atoms with Crippen molar-refractivity contribution in [3.05, 3.63) is 69.1 Å². The Morgan fingerprint density at radius 1 is 1.18 bits per heavy atom. The van der Waals surface area contributed by atoms with Crippen molar-refractivity contribution in [1.82, 2.24) is 20.2 Å². The van der Waals surface area contributed by atoms with Gasteiger partial charge < -0.3 is 15.2 Å². The van der Waals surface area contributed by atoms with Crippen LogP contribution in [0.25, 0.3) is 10.8 Å². The number of halogens is 2. The second kappa shape index (κ2) is 9.35. The average Bonchev–Trinajstić information content (AvgIpc) is 3.34. The molecule has 1 aliphatic carbocycles. The summed E-state index contributed by atoms with van der Waals surface area (Å²) in [5.74, 6) is -0.475. The summed E-state index contributed by atoms with van der Waals surface area (Å²) in [5.41, 5.74) is 1.70. The molecule has 1 saturated heterocycles. The molecule has 178 valence electrons. The first-order chi connectivity index (χ1) is 16.4. The molecule has 2 aliphatic rings. The summed E-state index contributed by atoms with van der Waals surface area (Å²) in [4.78, 5) is 36.2. The number of nitrogens with zero attached hydrogens (tertiary/aromatic N) is 3. The molecule has 2 fully saturated rings. The third-order valence-electron chi connectivity index (χ3n) is 7.15. The minimum Gasteiger partial charge on any atom is -0.366 e. The third-order valence-corrected chi connectivity index (χ3v) is 7.42. The zero-order chi connectivity index (χ0) is 23.8. The van der Waals surface area contributed by atoms with E-state index in [0.717, 1.165) is 56.8 Å². The molecule has 2 N–H and O–H groups in total. The number of pyridine rings is 2. The first-order valence-corrected chi connectivity index (χ1v) is 12.0. The molecule has 1 saturated carbocycles. The molecule has 1 aliphatic heterocycles. The van der Waals surface area contributed by atoms with Crippen molar-refractivity contribution >= 4 is 34.0 Å². The number of rotatable bonds is 4. The van der Waals surface area contributed by atoms with E-state index in [1.807, 2.05) is 12.1 Å². The standard InChI is InChI=1S/C25H27ClFN5O2/c1-28-24(33)19-7-8-21(23(26)29-19)32-11-9-31(10-12-32)17-6-5-15(13-17)20-14-16-3-2-4-18(27)22(16)25(34)30-20/h2-4,7-8,14-15,17H,5-6,9-13H2,1H3,(H,28,33)(H,30,34). The van der Waals surface area contributed by atoms with Crippen LogP contribution in [0.4, 0.5) is 10.1 Å². The van der Waals surface area contributed by atoms with Crippen LogP contribution in [-0.4, -0.2) is 60.0 Å². The molecule has 0 bridgehead atoms. The predicted molar refractivity (Wildman–Crippen MR) is 131 cm³/mol. The van der Waals surface area contributed by atoms with E-state index in [0.29, 0.717) is 22.3 Å². The van der Waals surface area contributed by atoms with Crippen molar-refractivity contribution in [2.45, 2.75) is 31.2 Å². The van der Waals surface area contributed by atoms with Gasteiger partial charge in [-0.25, -0.2) is 9.37 Å². The van der Waals surface area contributed by atoms with Gasteiger partial charge in [-0.2, -0.15) is 0 Å². The maximum atomic E-state index is 14.1. The molecule has 0 spiro atoms. The number of piperazine rings is 1. The van der Waals surface area contributed by atoms with Crippen LogP contribution in [0, 0.1) is 5.82 Å². The Balaban J connectivity index is 1.23. The van der Waals surface area contributed by atoms with E-state index in [4.69, 9.17) is 11.6 Å². The number of carbonyl (C=O) groups excluding carboxylic acids is 1. The highest BCUT2D eigenvalue weighted by Gasteiger charge is 2.33. The van der Waals surface area contributed by atoms with E-state index < -0.39 is 5.82 Å². The van der Waals surface area contributed by atoms with Gasteiger partial charge in [0.2, 0.25) is 0 Å². The number of nitrogens with one attached hydrogen (secondary N) is 2. The lowest BCUT2D eigenvalue weighted by atomic mass is 10.00. The number of aromatic amines is 1. The first-order valence-electron chi connectivity index (χ1n) is 11.6. The highest BCUT2D eigenvalue weighted by molar-refractivity contribution is 6.32. The van der Waals surface area contributed by atoms with E-state index in [1.54, 1.807) is 25.2 Å². The van der Waals surface area contributed by atoms with Crippen molar-refractivity contribution in [2.75, 3.05) is 38.1 Å². The lowest BCUT2D eigenvalue weighted by Crippen LogP contribution is -2.50. The summed E-state index contributed by atoms with van der Waals surface area (Å²) in [6, 6.07) is 10.7. The Morgan fingerprint density at radius 3 is 2.71 bits per heavy atom. The number of benzene rings is 1. The quantitative estimate of drug-likeness (QED) is 0.555. The molecule has 2 unspecified atom stereocenters. The van der Waals surface area contributed by atoms with E-state index in [1.165, 1.54) is 6.07 Å². The Hall–Kier alpha value is -2.97. The van der Waals surface area contributed by atoms with Crippen LogP contribution in [0.5, 0.6) is 0 Å². The zero-order valence-corrected chi connectivity index (χ0v) is 19.7. The SMILES string of the molecule is CNC(=O)c1ccc(N2CCN(C3CCC(c4cc5cccc(F)c5c(=O)[nH]4)C3)CC2)c(Cl)n1. The second-order valence-corrected chi connectivity index (χ2v) is 9.39. The lowest BCUT2D eigenvalue weighted by Gasteiger charge is -2.39. The monoisotopic (exact) mass is 483 g/mol. The van der Waals surface area contributed by atoms with E-state index in [9.17, 15) is 14.0 Å². The van der Waals surface area contributed by atoms with Crippen LogP contribution >= 0.6 is 11.6 Å². The van der Waals surface area contributed by atoms with Crippen molar-refractivity contribution in [2.24, 2.45) is 0 Å². The Labute approximate surface area is 201 Å². The molecule has 9 heteroatoms. The minimum absolute atomic E-state index is 0.133. The normalized spacial score (nSPS) is 21.2. The predicted octanol–water partition coefficient (Wildman–Crippen LogP) is 3.53. The van der Waals surface area contributed by atoms with Gasteiger partial charge in [0.25, 0.3) is 11.5 Å². The molecule has 3 aromatic rings. The zero-order valence-electron chi connectivity index (χ0n) is 19.0.